The second kappa shape index (κ2) is 12.1. The Morgan fingerprint density at radius 3 is 2.37 bits per heavy atom. The van der Waals surface area contributed by atoms with Gasteiger partial charge in [-0.25, -0.2) is 0 Å². The maximum atomic E-state index is 13.4. The van der Waals surface area contributed by atoms with Crippen LogP contribution >= 0.6 is 11.6 Å². The number of hydrogen-bond donors (Lipinski definition) is 1. The summed E-state index contributed by atoms with van der Waals surface area (Å²) in [6.45, 7) is 12.4. The van der Waals surface area contributed by atoms with Gasteiger partial charge in [0.1, 0.15) is 12.4 Å². The summed E-state index contributed by atoms with van der Waals surface area (Å²) in [5.74, 6) is 0.535. The van der Waals surface area contributed by atoms with E-state index in [0.29, 0.717) is 36.0 Å². The average molecular weight is 494 g/mol. The molecule has 0 atom stereocenters. The fraction of sp³-hybridized carbons (Fsp3) is 0.379. The third-order valence-corrected chi connectivity index (χ3v) is 6.06. The van der Waals surface area contributed by atoms with Crippen LogP contribution in [0.1, 0.15) is 56.1 Å². The minimum atomic E-state index is -0.0476. The van der Waals surface area contributed by atoms with E-state index in [9.17, 15) is 4.79 Å². The molecule has 186 valence electrons. The van der Waals surface area contributed by atoms with E-state index in [0.717, 1.165) is 12.1 Å². The van der Waals surface area contributed by atoms with Crippen molar-refractivity contribution < 1.29 is 9.53 Å². The molecule has 1 N–H and O–H groups in total. The molecule has 1 aromatic heterocycles. The number of nitrogens with one attached hydrogen (secondary N) is 1. The summed E-state index contributed by atoms with van der Waals surface area (Å²) in [4.78, 5) is 19.3. The van der Waals surface area contributed by atoms with Crippen LogP contribution in [0.3, 0.4) is 0 Å². The van der Waals surface area contributed by atoms with Crippen molar-refractivity contribution in [2.75, 3.05) is 25.0 Å². The number of pyridine rings is 1. The molecule has 2 aromatic carbocycles. The SMILES string of the molecule is CC(C)N(CCc1ccc(C(C)(C)C)cc1)C(=O)c1cc(Cl)cc(OCCNc2ccncc2)c1. The third-order valence-electron chi connectivity index (χ3n) is 5.84. The van der Waals surface area contributed by atoms with E-state index >= 15 is 0 Å². The third kappa shape index (κ3) is 8.00. The van der Waals surface area contributed by atoms with Crippen LogP contribution in [0.5, 0.6) is 5.75 Å². The molecule has 0 aliphatic heterocycles. The predicted molar refractivity (Wildman–Crippen MR) is 145 cm³/mol. The first-order valence-electron chi connectivity index (χ1n) is 12.1. The Hall–Kier alpha value is -3.05. The molecular weight excluding hydrogens is 458 g/mol. The highest BCUT2D eigenvalue weighted by Crippen LogP contribution is 2.24. The van der Waals surface area contributed by atoms with Gasteiger partial charge in [0.2, 0.25) is 0 Å². The van der Waals surface area contributed by atoms with Gasteiger partial charge in [-0.05, 0) is 67.1 Å². The predicted octanol–water partition coefficient (Wildman–Crippen LogP) is 6.62. The van der Waals surface area contributed by atoms with E-state index in [1.165, 1.54) is 11.1 Å². The number of benzene rings is 2. The van der Waals surface area contributed by atoms with Crippen molar-refractivity contribution in [2.24, 2.45) is 0 Å². The number of rotatable bonds is 10. The monoisotopic (exact) mass is 493 g/mol. The van der Waals surface area contributed by atoms with E-state index in [4.69, 9.17) is 16.3 Å². The van der Waals surface area contributed by atoms with Crippen LogP contribution in [-0.4, -0.2) is 41.5 Å². The molecule has 6 heteroatoms. The van der Waals surface area contributed by atoms with Gasteiger partial charge in [-0.3, -0.25) is 9.78 Å². The lowest BCUT2D eigenvalue weighted by molar-refractivity contribution is 0.0707. The number of halogens is 1. The molecule has 1 heterocycles. The van der Waals surface area contributed by atoms with Crippen LogP contribution in [0.25, 0.3) is 0 Å². The van der Waals surface area contributed by atoms with Gasteiger partial charge in [0.15, 0.2) is 0 Å². The first-order valence-corrected chi connectivity index (χ1v) is 12.5. The summed E-state index contributed by atoms with van der Waals surface area (Å²) in [6.07, 6.45) is 4.26. The van der Waals surface area contributed by atoms with Crippen LogP contribution in [0.4, 0.5) is 5.69 Å². The fourth-order valence-corrected chi connectivity index (χ4v) is 4.01. The summed E-state index contributed by atoms with van der Waals surface area (Å²) in [5, 5.41) is 3.75. The average Bonchev–Trinajstić information content (AvgIpc) is 2.82. The Balaban J connectivity index is 1.62. The van der Waals surface area contributed by atoms with Crippen LogP contribution in [0.15, 0.2) is 67.0 Å². The Labute approximate surface area is 214 Å². The van der Waals surface area contributed by atoms with Crippen molar-refractivity contribution in [2.45, 2.75) is 52.5 Å². The summed E-state index contributed by atoms with van der Waals surface area (Å²) in [7, 11) is 0. The lowest BCUT2D eigenvalue weighted by Gasteiger charge is -2.27. The lowest BCUT2D eigenvalue weighted by atomic mass is 9.86. The number of nitrogens with zero attached hydrogens (tertiary/aromatic N) is 2. The number of ether oxygens (including phenoxy) is 1. The van der Waals surface area contributed by atoms with Crippen LogP contribution in [0, 0.1) is 0 Å². The maximum absolute atomic E-state index is 13.4. The van der Waals surface area contributed by atoms with Crippen molar-refractivity contribution in [1.82, 2.24) is 9.88 Å². The van der Waals surface area contributed by atoms with Crippen molar-refractivity contribution in [3.05, 3.63) is 88.7 Å². The van der Waals surface area contributed by atoms with Gasteiger partial charge in [-0.1, -0.05) is 56.6 Å². The number of aromatic nitrogens is 1. The normalized spacial score (nSPS) is 11.4. The van der Waals surface area contributed by atoms with Crippen LogP contribution in [-0.2, 0) is 11.8 Å². The second-order valence-electron chi connectivity index (χ2n) is 9.98. The molecule has 0 aliphatic rings. The summed E-state index contributed by atoms with van der Waals surface area (Å²) in [6, 6.07) is 17.8. The first kappa shape index (κ1) is 26.6. The Morgan fingerprint density at radius 1 is 1.06 bits per heavy atom. The van der Waals surface area contributed by atoms with Gasteiger partial charge in [-0.2, -0.15) is 0 Å². The maximum Gasteiger partial charge on any atom is 0.254 e. The smallest absolute Gasteiger partial charge is 0.254 e. The molecule has 3 rings (SSSR count). The standard InChI is InChI=1S/C29H36ClN3O2/c1-21(2)33(16-12-22-6-8-24(9-7-22)29(3,4)5)28(34)23-18-25(30)20-27(19-23)35-17-15-32-26-10-13-31-14-11-26/h6-11,13-14,18-21H,12,15-17H2,1-5H3,(H,31,32). The molecule has 0 spiro atoms. The first-order chi connectivity index (χ1) is 16.6. The van der Waals surface area contributed by atoms with Gasteiger partial charge >= 0.3 is 0 Å². The molecule has 0 aliphatic carbocycles. The fourth-order valence-electron chi connectivity index (χ4n) is 3.78. The van der Waals surface area contributed by atoms with Gasteiger partial charge in [-0.15, -0.1) is 0 Å². The molecule has 0 saturated heterocycles. The van der Waals surface area contributed by atoms with Crippen LogP contribution in [0.2, 0.25) is 5.02 Å². The highest BCUT2D eigenvalue weighted by atomic mass is 35.5. The topological polar surface area (TPSA) is 54.5 Å². The van der Waals surface area contributed by atoms with E-state index in [-0.39, 0.29) is 17.4 Å². The van der Waals surface area contributed by atoms with E-state index in [1.807, 2.05) is 30.9 Å². The number of carbonyl (C=O) groups excluding carboxylic acids is 1. The number of anilines is 1. The van der Waals surface area contributed by atoms with Gasteiger partial charge in [0, 0.05) is 47.8 Å². The van der Waals surface area contributed by atoms with E-state index in [1.54, 1.807) is 30.6 Å². The number of hydrogen-bond acceptors (Lipinski definition) is 4. The van der Waals surface area contributed by atoms with Gasteiger partial charge in [0.25, 0.3) is 5.91 Å². The molecular formula is C29H36ClN3O2. The van der Waals surface area contributed by atoms with Crippen LogP contribution < -0.4 is 10.1 Å². The molecule has 3 aromatic rings. The van der Waals surface area contributed by atoms with Crippen molar-refractivity contribution in [3.8, 4) is 5.75 Å². The Morgan fingerprint density at radius 2 is 1.74 bits per heavy atom. The molecule has 0 fully saturated rings. The molecule has 0 radical (unpaired) electrons. The summed E-state index contributed by atoms with van der Waals surface area (Å²) in [5.41, 5.74) is 4.16. The number of amides is 1. The highest BCUT2D eigenvalue weighted by Gasteiger charge is 2.20. The van der Waals surface area contributed by atoms with E-state index < -0.39 is 0 Å². The zero-order valence-electron chi connectivity index (χ0n) is 21.3. The molecule has 0 bridgehead atoms. The zero-order chi connectivity index (χ0) is 25.4. The van der Waals surface area contributed by atoms with Gasteiger partial charge in [0.05, 0.1) is 0 Å². The number of carbonyl (C=O) groups is 1. The molecule has 35 heavy (non-hydrogen) atoms. The minimum Gasteiger partial charge on any atom is -0.492 e. The van der Waals surface area contributed by atoms with Crippen molar-refractivity contribution in [3.63, 3.8) is 0 Å². The molecule has 0 saturated carbocycles. The quantitative estimate of drug-likeness (QED) is 0.322. The Kier molecular flexibility index (Phi) is 9.16. The Bertz CT molecular complexity index is 1090. The van der Waals surface area contributed by atoms with Crippen molar-refractivity contribution >= 4 is 23.2 Å². The second-order valence-corrected chi connectivity index (χ2v) is 10.4. The summed E-state index contributed by atoms with van der Waals surface area (Å²) >= 11 is 6.34. The zero-order valence-corrected chi connectivity index (χ0v) is 22.1. The van der Waals surface area contributed by atoms with Gasteiger partial charge < -0.3 is 15.0 Å². The lowest BCUT2D eigenvalue weighted by Crippen LogP contribution is -2.38. The summed E-state index contributed by atoms with van der Waals surface area (Å²) < 4.78 is 5.87. The molecule has 1 amide bonds. The highest BCUT2D eigenvalue weighted by molar-refractivity contribution is 6.31. The molecule has 5 nitrogen and oxygen atoms in total. The largest absolute Gasteiger partial charge is 0.492 e. The molecule has 0 unspecified atom stereocenters. The van der Waals surface area contributed by atoms with E-state index in [2.05, 4.69) is 55.3 Å². The minimum absolute atomic E-state index is 0.0476. The van der Waals surface area contributed by atoms with Crippen molar-refractivity contribution in [1.29, 1.82) is 0 Å².